The number of hydrogen-bond donors (Lipinski definition) is 1. The summed E-state index contributed by atoms with van der Waals surface area (Å²) in [4.78, 5) is 1.25. The van der Waals surface area contributed by atoms with E-state index in [-0.39, 0.29) is 6.04 Å². The van der Waals surface area contributed by atoms with Crippen molar-refractivity contribution in [2.24, 2.45) is 5.73 Å². The molecule has 0 radical (unpaired) electrons. The van der Waals surface area contributed by atoms with E-state index in [9.17, 15) is 0 Å². The molecule has 0 saturated carbocycles. The SMILES string of the molecule is NC(Cc1ccc(Br)s1)c1cc2cccc(Br)c2o1. The number of rotatable bonds is 3. The van der Waals surface area contributed by atoms with Gasteiger partial charge in [-0.1, -0.05) is 12.1 Å². The van der Waals surface area contributed by atoms with Gasteiger partial charge in [0.15, 0.2) is 0 Å². The zero-order chi connectivity index (χ0) is 13.4. The zero-order valence-electron chi connectivity index (χ0n) is 9.90. The van der Waals surface area contributed by atoms with Gasteiger partial charge in [0.25, 0.3) is 0 Å². The number of thiophene rings is 1. The number of furan rings is 1. The summed E-state index contributed by atoms with van der Waals surface area (Å²) < 4.78 is 7.95. The van der Waals surface area contributed by atoms with Crippen LogP contribution in [0.15, 0.2) is 49.1 Å². The van der Waals surface area contributed by atoms with E-state index < -0.39 is 0 Å². The lowest BCUT2D eigenvalue weighted by atomic mass is 10.1. The van der Waals surface area contributed by atoms with Crippen molar-refractivity contribution in [3.8, 4) is 0 Å². The summed E-state index contributed by atoms with van der Waals surface area (Å²) in [5.74, 6) is 0.825. The first-order valence-corrected chi connectivity index (χ1v) is 8.21. The van der Waals surface area contributed by atoms with Crippen LogP contribution < -0.4 is 5.73 Å². The van der Waals surface area contributed by atoms with Crippen LogP contribution in [0.1, 0.15) is 16.7 Å². The molecule has 3 rings (SSSR count). The summed E-state index contributed by atoms with van der Waals surface area (Å²) in [6.45, 7) is 0. The molecule has 0 spiro atoms. The normalized spacial score (nSPS) is 13.0. The van der Waals surface area contributed by atoms with Crippen molar-refractivity contribution in [3.63, 3.8) is 0 Å². The molecule has 0 bridgehead atoms. The maximum Gasteiger partial charge on any atom is 0.148 e. The average Bonchev–Trinajstić information content (AvgIpc) is 2.96. The van der Waals surface area contributed by atoms with Crippen molar-refractivity contribution in [1.29, 1.82) is 0 Å². The van der Waals surface area contributed by atoms with Crippen LogP contribution >= 0.6 is 43.2 Å². The topological polar surface area (TPSA) is 39.2 Å². The Hall–Kier alpha value is -0.620. The molecule has 2 N–H and O–H groups in total. The predicted molar refractivity (Wildman–Crippen MR) is 86.6 cm³/mol. The molecule has 19 heavy (non-hydrogen) atoms. The Morgan fingerprint density at radius 2 is 2.05 bits per heavy atom. The first-order chi connectivity index (χ1) is 9.13. The Morgan fingerprint density at radius 1 is 1.21 bits per heavy atom. The van der Waals surface area contributed by atoms with Gasteiger partial charge in [0.1, 0.15) is 11.3 Å². The number of hydrogen-bond acceptors (Lipinski definition) is 3. The minimum atomic E-state index is -0.121. The van der Waals surface area contributed by atoms with Gasteiger partial charge in [-0.05, 0) is 56.1 Å². The number of nitrogens with two attached hydrogens (primary N) is 1. The van der Waals surface area contributed by atoms with Crippen LogP contribution in [0.5, 0.6) is 0 Å². The van der Waals surface area contributed by atoms with Gasteiger partial charge >= 0.3 is 0 Å². The van der Waals surface area contributed by atoms with Gasteiger partial charge in [-0.2, -0.15) is 0 Å². The first-order valence-electron chi connectivity index (χ1n) is 5.81. The average molecular weight is 401 g/mol. The van der Waals surface area contributed by atoms with Crippen molar-refractivity contribution < 1.29 is 4.42 Å². The van der Waals surface area contributed by atoms with Gasteiger partial charge in [0, 0.05) is 16.7 Å². The van der Waals surface area contributed by atoms with E-state index in [4.69, 9.17) is 10.2 Å². The number of fused-ring (bicyclic) bond motifs is 1. The second-order valence-electron chi connectivity index (χ2n) is 4.32. The highest BCUT2D eigenvalue weighted by Crippen LogP contribution is 2.31. The molecule has 98 valence electrons. The number of benzene rings is 1. The molecule has 0 amide bonds. The highest BCUT2D eigenvalue weighted by molar-refractivity contribution is 9.11. The van der Waals surface area contributed by atoms with Gasteiger partial charge in [-0.3, -0.25) is 0 Å². The quantitative estimate of drug-likeness (QED) is 0.650. The molecule has 1 atom stereocenters. The van der Waals surface area contributed by atoms with Crippen LogP contribution in [0.25, 0.3) is 11.0 Å². The van der Waals surface area contributed by atoms with E-state index in [0.717, 1.165) is 31.4 Å². The minimum absolute atomic E-state index is 0.121. The Bertz CT molecular complexity index is 719. The Labute approximate surface area is 131 Å². The fourth-order valence-corrected chi connectivity index (χ4v) is 4.01. The van der Waals surface area contributed by atoms with E-state index in [2.05, 4.69) is 37.9 Å². The minimum Gasteiger partial charge on any atom is -0.458 e. The van der Waals surface area contributed by atoms with Crippen molar-refractivity contribution >= 4 is 54.2 Å². The number of para-hydroxylation sites is 1. The van der Waals surface area contributed by atoms with Gasteiger partial charge in [0.05, 0.1) is 14.3 Å². The van der Waals surface area contributed by atoms with E-state index in [0.29, 0.717) is 0 Å². The molecule has 2 heterocycles. The molecular formula is C14H11Br2NOS. The second-order valence-corrected chi connectivity index (χ2v) is 7.73. The molecule has 2 aromatic heterocycles. The standard InChI is InChI=1S/C14H11Br2NOS/c15-10-3-1-2-8-6-12(18-14(8)10)11(17)7-9-4-5-13(16)19-9/h1-6,11H,7,17H2. The van der Waals surface area contributed by atoms with Crippen LogP contribution in [0.3, 0.4) is 0 Å². The van der Waals surface area contributed by atoms with Crippen molar-refractivity contribution in [2.45, 2.75) is 12.5 Å². The second kappa shape index (κ2) is 5.40. The highest BCUT2D eigenvalue weighted by atomic mass is 79.9. The Kier molecular flexibility index (Phi) is 3.80. The van der Waals surface area contributed by atoms with Crippen LogP contribution in [-0.4, -0.2) is 0 Å². The summed E-state index contributed by atoms with van der Waals surface area (Å²) in [6.07, 6.45) is 0.785. The summed E-state index contributed by atoms with van der Waals surface area (Å²) in [5, 5.41) is 1.08. The first kappa shape index (κ1) is 13.4. The zero-order valence-corrected chi connectivity index (χ0v) is 13.9. The molecule has 1 unspecified atom stereocenters. The van der Waals surface area contributed by atoms with Gasteiger partial charge < -0.3 is 10.2 Å². The van der Waals surface area contributed by atoms with E-state index in [1.54, 1.807) is 11.3 Å². The van der Waals surface area contributed by atoms with Crippen LogP contribution in [0.2, 0.25) is 0 Å². The monoisotopic (exact) mass is 399 g/mol. The summed E-state index contributed by atoms with van der Waals surface area (Å²) in [5.41, 5.74) is 7.09. The fraction of sp³-hybridized carbons (Fsp3) is 0.143. The lowest BCUT2D eigenvalue weighted by Crippen LogP contribution is -2.11. The fourth-order valence-electron chi connectivity index (χ4n) is 2.01. The third kappa shape index (κ3) is 2.79. The van der Waals surface area contributed by atoms with E-state index in [1.807, 2.05) is 30.3 Å². The van der Waals surface area contributed by atoms with Gasteiger partial charge in [0.2, 0.25) is 0 Å². The van der Waals surface area contributed by atoms with E-state index in [1.165, 1.54) is 4.88 Å². The van der Waals surface area contributed by atoms with Crippen LogP contribution in [0.4, 0.5) is 0 Å². The summed E-state index contributed by atoms with van der Waals surface area (Å²) >= 11 is 8.66. The highest BCUT2D eigenvalue weighted by Gasteiger charge is 2.14. The van der Waals surface area contributed by atoms with Gasteiger partial charge in [-0.25, -0.2) is 0 Å². The lowest BCUT2D eigenvalue weighted by molar-refractivity contribution is 0.494. The Morgan fingerprint density at radius 3 is 2.74 bits per heavy atom. The van der Waals surface area contributed by atoms with Crippen LogP contribution in [0, 0.1) is 0 Å². The van der Waals surface area contributed by atoms with E-state index >= 15 is 0 Å². The molecule has 0 aliphatic heterocycles. The third-order valence-corrected chi connectivity index (χ3v) is 5.20. The maximum absolute atomic E-state index is 6.23. The molecule has 5 heteroatoms. The molecule has 0 aliphatic rings. The molecule has 2 nitrogen and oxygen atoms in total. The predicted octanol–water partition coefficient (Wildman–Crippen LogP) is 5.26. The Balaban J connectivity index is 1.89. The largest absolute Gasteiger partial charge is 0.458 e. The van der Waals surface area contributed by atoms with Crippen LogP contribution in [-0.2, 0) is 6.42 Å². The molecule has 3 aromatic rings. The molecule has 0 saturated heterocycles. The molecule has 0 aliphatic carbocycles. The van der Waals surface area contributed by atoms with Crippen molar-refractivity contribution in [1.82, 2.24) is 0 Å². The summed E-state index contributed by atoms with van der Waals surface area (Å²) in [6, 6.07) is 12.0. The smallest absolute Gasteiger partial charge is 0.148 e. The molecule has 1 aromatic carbocycles. The van der Waals surface area contributed by atoms with Crippen molar-refractivity contribution in [2.75, 3.05) is 0 Å². The lowest BCUT2D eigenvalue weighted by Gasteiger charge is -2.06. The maximum atomic E-state index is 6.23. The molecular weight excluding hydrogens is 390 g/mol. The third-order valence-electron chi connectivity index (χ3n) is 2.93. The van der Waals surface area contributed by atoms with Crippen molar-refractivity contribution in [3.05, 3.63) is 55.3 Å². The number of halogens is 2. The molecule has 0 fully saturated rings. The summed E-state index contributed by atoms with van der Waals surface area (Å²) in [7, 11) is 0. The van der Waals surface area contributed by atoms with Gasteiger partial charge in [-0.15, -0.1) is 11.3 Å².